The topological polar surface area (TPSA) is 35.5 Å². The molecule has 3 aromatic carbocycles. The molecule has 0 amide bonds. The molecule has 0 saturated heterocycles. The highest BCUT2D eigenvalue weighted by Gasteiger charge is 2.68. The molecule has 0 aromatic heterocycles. The van der Waals surface area contributed by atoms with Crippen molar-refractivity contribution >= 4 is 18.4 Å². The van der Waals surface area contributed by atoms with Crippen molar-refractivity contribution in [2.24, 2.45) is 0 Å². The molecule has 2 atom stereocenters. The quantitative estimate of drug-likeness (QED) is 0.552. The van der Waals surface area contributed by atoms with Crippen LogP contribution in [0.1, 0.15) is 23.5 Å². The SMILES string of the molecule is COP(=O)(OC)[C@@]1(c2ccc3ccccc3c2)C[C@@H]1c1ccccc1. The van der Waals surface area contributed by atoms with Crippen LogP contribution in [0.5, 0.6) is 0 Å². The van der Waals surface area contributed by atoms with Crippen molar-refractivity contribution in [3.63, 3.8) is 0 Å². The Bertz CT molecular complexity index is 946. The van der Waals surface area contributed by atoms with E-state index in [0.717, 1.165) is 17.4 Å². The molecule has 0 unspecified atom stereocenters. The molecule has 1 aliphatic rings. The van der Waals surface area contributed by atoms with Crippen LogP contribution in [0.25, 0.3) is 10.8 Å². The highest BCUT2D eigenvalue weighted by atomic mass is 31.2. The summed E-state index contributed by atoms with van der Waals surface area (Å²) in [5.41, 5.74) is 2.19. The maximum Gasteiger partial charge on any atom is 0.341 e. The van der Waals surface area contributed by atoms with E-state index in [2.05, 4.69) is 42.5 Å². The van der Waals surface area contributed by atoms with Crippen molar-refractivity contribution in [1.29, 1.82) is 0 Å². The Morgan fingerprint density at radius 1 is 0.880 bits per heavy atom. The van der Waals surface area contributed by atoms with Crippen molar-refractivity contribution in [3.05, 3.63) is 83.9 Å². The van der Waals surface area contributed by atoms with Crippen molar-refractivity contribution in [1.82, 2.24) is 0 Å². The second-order valence-corrected chi connectivity index (χ2v) is 9.04. The van der Waals surface area contributed by atoms with Crippen LogP contribution in [0, 0.1) is 0 Å². The van der Waals surface area contributed by atoms with Gasteiger partial charge in [-0.15, -0.1) is 0 Å². The first-order chi connectivity index (χ1) is 12.1. The minimum Gasteiger partial charge on any atom is -0.311 e. The van der Waals surface area contributed by atoms with Gasteiger partial charge < -0.3 is 9.05 Å². The summed E-state index contributed by atoms with van der Waals surface area (Å²) in [6, 6.07) is 24.7. The lowest BCUT2D eigenvalue weighted by atomic mass is 10.0. The summed E-state index contributed by atoms with van der Waals surface area (Å²) in [5.74, 6) is 0.126. The van der Waals surface area contributed by atoms with E-state index in [4.69, 9.17) is 9.05 Å². The molecule has 4 heteroatoms. The standard InChI is InChI=1S/C21H21O3P/c1-23-25(22,24-2)21(15-20(21)17-9-4-3-5-10-17)19-13-12-16-8-6-7-11-18(16)14-19/h3-14,20H,15H2,1-2H3/t20-,21-/m1/s1. The Kier molecular flexibility index (Phi) is 4.04. The van der Waals surface area contributed by atoms with Gasteiger partial charge in [-0.3, -0.25) is 4.57 Å². The summed E-state index contributed by atoms with van der Waals surface area (Å²) >= 11 is 0. The Morgan fingerprint density at radius 2 is 1.52 bits per heavy atom. The maximum atomic E-state index is 13.5. The Hall–Kier alpha value is -1.93. The Balaban J connectivity index is 1.88. The number of benzene rings is 3. The monoisotopic (exact) mass is 352 g/mol. The normalized spacial score (nSPS) is 22.9. The van der Waals surface area contributed by atoms with E-state index in [1.54, 1.807) is 0 Å². The number of rotatable bonds is 5. The fraction of sp³-hybridized carbons (Fsp3) is 0.238. The van der Waals surface area contributed by atoms with Gasteiger partial charge in [0.25, 0.3) is 0 Å². The van der Waals surface area contributed by atoms with E-state index in [1.165, 1.54) is 25.2 Å². The van der Waals surface area contributed by atoms with Crippen LogP contribution in [0.3, 0.4) is 0 Å². The fourth-order valence-corrected chi connectivity index (χ4v) is 6.16. The first kappa shape index (κ1) is 16.5. The minimum absolute atomic E-state index is 0.126. The third-order valence-electron chi connectivity index (χ3n) is 5.35. The average molecular weight is 352 g/mol. The smallest absolute Gasteiger partial charge is 0.311 e. The predicted molar refractivity (Wildman–Crippen MR) is 101 cm³/mol. The van der Waals surface area contributed by atoms with Gasteiger partial charge in [0.15, 0.2) is 0 Å². The third kappa shape index (κ3) is 2.46. The van der Waals surface area contributed by atoms with Gasteiger partial charge in [0.05, 0.1) is 0 Å². The summed E-state index contributed by atoms with van der Waals surface area (Å²) in [5, 5.41) is 1.68. The molecular weight excluding hydrogens is 331 g/mol. The molecule has 0 aliphatic heterocycles. The molecule has 0 radical (unpaired) electrons. The zero-order chi connectivity index (χ0) is 17.5. The van der Waals surface area contributed by atoms with Gasteiger partial charge >= 0.3 is 7.60 Å². The molecule has 3 nitrogen and oxygen atoms in total. The van der Waals surface area contributed by atoms with Gasteiger partial charge in [-0.25, -0.2) is 0 Å². The third-order valence-corrected chi connectivity index (χ3v) is 8.04. The van der Waals surface area contributed by atoms with Crippen LogP contribution < -0.4 is 0 Å². The van der Waals surface area contributed by atoms with Crippen LogP contribution in [-0.4, -0.2) is 14.2 Å². The predicted octanol–water partition coefficient (Wildman–Crippen LogP) is 5.71. The molecule has 0 N–H and O–H groups in total. The van der Waals surface area contributed by atoms with Crippen LogP contribution in [0.2, 0.25) is 0 Å². The molecular formula is C21H21O3P. The minimum atomic E-state index is -3.29. The van der Waals surface area contributed by atoms with Crippen LogP contribution >= 0.6 is 7.60 Å². The number of hydrogen-bond acceptors (Lipinski definition) is 3. The highest BCUT2D eigenvalue weighted by molar-refractivity contribution is 7.55. The first-order valence-corrected chi connectivity index (χ1v) is 9.95. The van der Waals surface area contributed by atoms with Gasteiger partial charge in [-0.05, 0) is 34.4 Å². The molecule has 0 spiro atoms. The lowest BCUT2D eigenvalue weighted by molar-refractivity contribution is 0.261. The van der Waals surface area contributed by atoms with Gasteiger partial charge in [-0.2, -0.15) is 0 Å². The Labute approximate surface area is 148 Å². The maximum absolute atomic E-state index is 13.5. The van der Waals surface area contributed by atoms with E-state index in [0.29, 0.717) is 0 Å². The van der Waals surface area contributed by atoms with Gasteiger partial charge in [-0.1, -0.05) is 66.7 Å². The summed E-state index contributed by atoms with van der Waals surface area (Å²) in [6.07, 6.45) is 0.758. The van der Waals surface area contributed by atoms with Crippen LogP contribution in [0.15, 0.2) is 72.8 Å². The number of hydrogen-bond donors (Lipinski definition) is 0. The Morgan fingerprint density at radius 3 is 2.20 bits per heavy atom. The zero-order valence-corrected chi connectivity index (χ0v) is 15.3. The van der Waals surface area contributed by atoms with E-state index < -0.39 is 12.8 Å². The van der Waals surface area contributed by atoms with Gasteiger partial charge in [0, 0.05) is 20.1 Å². The van der Waals surface area contributed by atoms with Gasteiger partial charge in [0.1, 0.15) is 5.16 Å². The summed E-state index contributed by atoms with van der Waals surface area (Å²) in [4.78, 5) is 0. The molecule has 1 aliphatic carbocycles. The van der Waals surface area contributed by atoms with Crippen molar-refractivity contribution < 1.29 is 13.6 Å². The number of fused-ring (bicyclic) bond motifs is 1. The fourth-order valence-electron chi connectivity index (χ4n) is 3.97. The molecule has 128 valence electrons. The second kappa shape index (κ2) is 6.10. The van der Waals surface area contributed by atoms with Crippen molar-refractivity contribution in [3.8, 4) is 0 Å². The highest BCUT2D eigenvalue weighted by Crippen LogP contribution is 2.81. The summed E-state index contributed by atoms with van der Waals surface area (Å²) < 4.78 is 24.4. The molecule has 25 heavy (non-hydrogen) atoms. The molecule has 1 fully saturated rings. The summed E-state index contributed by atoms with van der Waals surface area (Å²) in [6.45, 7) is 0. The van der Waals surface area contributed by atoms with E-state index in [1.807, 2.05) is 30.3 Å². The van der Waals surface area contributed by atoms with Crippen molar-refractivity contribution in [2.75, 3.05) is 14.2 Å². The molecule has 4 rings (SSSR count). The zero-order valence-electron chi connectivity index (χ0n) is 14.4. The van der Waals surface area contributed by atoms with Crippen molar-refractivity contribution in [2.45, 2.75) is 17.5 Å². The first-order valence-electron chi connectivity index (χ1n) is 8.40. The van der Waals surface area contributed by atoms with E-state index in [9.17, 15) is 4.57 Å². The van der Waals surface area contributed by atoms with E-state index >= 15 is 0 Å². The molecule has 0 bridgehead atoms. The summed E-state index contributed by atoms with van der Waals surface area (Å²) in [7, 11) is -0.335. The van der Waals surface area contributed by atoms with Crippen LogP contribution in [0.4, 0.5) is 0 Å². The van der Waals surface area contributed by atoms with Crippen LogP contribution in [-0.2, 0) is 18.8 Å². The molecule has 1 saturated carbocycles. The average Bonchev–Trinajstić information content (AvgIpc) is 3.45. The van der Waals surface area contributed by atoms with Gasteiger partial charge in [0.2, 0.25) is 0 Å². The lowest BCUT2D eigenvalue weighted by Crippen LogP contribution is -2.13. The lowest BCUT2D eigenvalue weighted by Gasteiger charge is -2.26. The largest absolute Gasteiger partial charge is 0.341 e. The second-order valence-electron chi connectivity index (χ2n) is 6.52. The molecule has 0 heterocycles. The molecule has 3 aromatic rings. The van der Waals surface area contributed by atoms with E-state index in [-0.39, 0.29) is 5.92 Å².